The van der Waals surface area contributed by atoms with Crippen LogP contribution in [0, 0.1) is 0 Å². The first-order valence-electron chi connectivity index (χ1n) is 3.87. The van der Waals surface area contributed by atoms with Crippen LogP contribution in [-0.2, 0) is 6.42 Å². The molecule has 0 fully saturated rings. The van der Waals surface area contributed by atoms with E-state index in [0.29, 0.717) is 5.95 Å². The fourth-order valence-electron chi connectivity index (χ4n) is 1.63. The first-order valence-corrected chi connectivity index (χ1v) is 3.87. The summed E-state index contributed by atoms with van der Waals surface area (Å²) >= 11 is 0. The lowest BCUT2D eigenvalue weighted by atomic mass is 9.90. The number of hydrogen-bond donors (Lipinski definition) is 1. The summed E-state index contributed by atoms with van der Waals surface area (Å²) in [5, 5.41) is 1.10. The lowest BCUT2D eigenvalue weighted by Crippen LogP contribution is -2.05. The van der Waals surface area contributed by atoms with Crippen LogP contribution in [-0.4, -0.2) is 9.97 Å². The molecule has 0 radical (unpaired) electrons. The summed E-state index contributed by atoms with van der Waals surface area (Å²) in [5.74, 6) is 0.360. The Morgan fingerprint density at radius 1 is 1.33 bits per heavy atom. The molecule has 1 heterocycles. The number of anilines is 1. The van der Waals surface area contributed by atoms with Gasteiger partial charge in [-0.1, -0.05) is 6.07 Å². The predicted octanol–water partition coefficient (Wildman–Crippen LogP) is 1.12. The van der Waals surface area contributed by atoms with E-state index in [4.69, 9.17) is 5.73 Å². The first kappa shape index (κ1) is 5.94. The van der Waals surface area contributed by atoms with Crippen molar-refractivity contribution in [3.63, 3.8) is 0 Å². The fourth-order valence-corrected chi connectivity index (χ4v) is 1.63. The molecule has 1 aromatic heterocycles. The molecule has 0 spiro atoms. The predicted molar refractivity (Wildman–Crippen MR) is 46.8 cm³/mol. The molecule has 0 saturated carbocycles. The molecule has 2 aliphatic rings. The Morgan fingerprint density at radius 2 is 2.17 bits per heavy atom. The molecule has 3 nitrogen and oxygen atoms in total. The molecule has 2 N–H and O–H groups in total. The van der Waals surface area contributed by atoms with E-state index in [1.54, 1.807) is 6.20 Å². The highest BCUT2D eigenvalue weighted by atomic mass is 15.0. The van der Waals surface area contributed by atoms with Gasteiger partial charge in [-0.25, -0.2) is 9.97 Å². The minimum Gasteiger partial charge on any atom is -0.368 e. The van der Waals surface area contributed by atoms with E-state index >= 15 is 0 Å². The first-order chi connectivity index (χ1) is 5.83. The number of nitrogen functional groups attached to an aromatic ring is 1. The Morgan fingerprint density at radius 3 is 3.00 bits per heavy atom. The molecule has 0 unspecified atom stereocenters. The van der Waals surface area contributed by atoms with Crippen molar-refractivity contribution in [1.29, 1.82) is 0 Å². The molecule has 2 aliphatic carbocycles. The topological polar surface area (TPSA) is 51.8 Å². The van der Waals surface area contributed by atoms with Crippen LogP contribution in [0.1, 0.15) is 11.1 Å². The van der Waals surface area contributed by atoms with Gasteiger partial charge in [0.1, 0.15) is 0 Å². The molecule has 4 rings (SSSR count). The average molecular weight is 157 g/mol. The molecular weight excluding hydrogens is 150 g/mol. The second kappa shape index (κ2) is 1.75. The molecule has 2 bridgehead atoms. The van der Waals surface area contributed by atoms with Crippen molar-refractivity contribution in [2.75, 3.05) is 5.73 Å². The average Bonchev–Trinajstić information content (AvgIpc) is 2.01. The summed E-state index contributed by atoms with van der Waals surface area (Å²) in [6.07, 6.45) is 2.83. The van der Waals surface area contributed by atoms with E-state index < -0.39 is 0 Å². The monoisotopic (exact) mass is 157 g/mol. The third-order valence-corrected chi connectivity index (χ3v) is 2.23. The molecule has 1 aromatic carbocycles. The van der Waals surface area contributed by atoms with Gasteiger partial charge < -0.3 is 5.73 Å². The van der Waals surface area contributed by atoms with Crippen LogP contribution >= 0.6 is 0 Å². The van der Waals surface area contributed by atoms with E-state index in [2.05, 4.69) is 22.1 Å². The molecule has 2 aromatic rings. The van der Waals surface area contributed by atoms with Gasteiger partial charge in [0.15, 0.2) is 0 Å². The van der Waals surface area contributed by atoms with Crippen molar-refractivity contribution >= 4 is 16.9 Å². The maximum Gasteiger partial charge on any atom is 0.220 e. The minimum absolute atomic E-state index is 0.360. The minimum atomic E-state index is 0.360. The summed E-state index contributed by atoms with van der Waals surface area (Å²) in [5.41, 5.74) is 9.16. The summed E-state index contributed by atoms with van der Waals surface area (Å²) in [6.45, 7) is 0. The Balaban J connectivity index is 2.50. The van der Waals surface area contributed by atoms with Gasteiger partial charge in [0.25, 0.3) is 0 Å². The summed E-state index contributed by atoms with van der Waals surface area (Å²) in [6, 6.07) is 4.26. The number of aromatic nitrogens is 2. The number of hydrogen-bond acceptors (Lipinski definition) is 3. The summed E-state index contributed by atoms with van der Waals surface area (Å²) < 4.78 is 0. The number of rotatable bonds is 0. The highest BCUT2D eigenvalue weighted by Gasteiger charge is 2.14. The SMILES string of the molecule is Nc1ncc2cc3cc(c2n1)C3. The molecule has 0 amide bonds. The van der Waals surface area contributed by atoms with Crippen molar-refractivity contribution in [3.8, 4) is 0 Å². The highest BCUT2D eigenvalue weighted by molar-refractivity contribution is 5.86. The largest absolute Gasteiger partial charge is 0.368 e. The van der Waals surface area contributed by atoms with Crippen LogP contribution in [0.15, 0.2) is 18.3 Å². The maximum absolute atomic E-state index is 5.49. The molecule has 0 aliphatic heterocycles. The smallest absolute Gasteiger partial charge is 0.220 e. The van der Waals surface area contributed by atoms with Crippen molar-refractivity contribution in [2.45, 2.75) is 6.42 Å². The quantitative estimate of drug-likeness (QED) is 0.532. The lowest BCUT2D eigenvalue weighted by molar-refractivity contribution is 1.09. The van der Waals surface area contributed by atoms with Gasteiger partial charge in [-0.15, -0.1) is 0 Å². The fraction of sp³-hybridized carbons (Fsp3) is 0.111. The Kier molecular flexibility index (Phi) is 0.864. The van der Waals surface area contributed by atoms with Crippen LogP contribution < -0.4 is 5.73 Å². The van der Waals surface area contributed by atoms with Gasteiger partial charge >= 0.3 is 0 Å². The Bertz CT molecular complexity index is 476. The van der Waals surface area contributed by atoms with E-state index in [-0.39, 0.29) is 0 Å². The Hall–Kier alpha value is -1.64. The number of nitrogens with zero attached hydrogens (tertiary/aromatic N) is 2. The van der Waals surface area contributed by atoms with E-state index in [9.17, 15) is 0 Å². The van der Waals surface area contributed by atoms with E-state index in [1.807, 2.05) is 0 Å². The zero-order chi connectivity index (χ0) is 8.13. The van der Waals surface area contributed by atoms with Crippen LogP contribution in [0.5, 0.6) is 0 Å². The zero-order valence-electron chi connectivity index (χ0n) is 6.41. The van der Waals surface area contributed by atoms with Gasteiger partial charge in [0.2, 0.25) is 5.95 Å². The van der Waals surface area contributed by atoms with Crippen molar-refractivity contribution in [1.82, 2.24) is 9.97 Å². The molecule has 0 atom stereocenters. The summed E-state index contributed by atoms with van der Waals surface area (Å²) in [4.78, 5) is 8.13. The van der Waals surface area contributed by atoms with Gasteiger partial charge in [0, 0.05) is 11.6 Å². The molecule has 3 heteroatoms. The van der Waals surface area contributed by atoms with E-state index in [1.165, 1.54) is 11.1 Å². The third kappa shape index (κ3) is 0.605. The van der Waals surface area contributed by atoms with Crippen molar-refractivity contribution in [3.05, 3.63) is 29.5 Å². The van der Waals surface area contributed by atoms with E-state index in [0.717, 1.165) is 17.3 Å². The van der Waals surface area contributed by atoms with Gasteiger partial charge in [-0.3, -0.25) is 0 Å². The second-order valence-electron chi connectivity index (χ2n) is 3.10. The molecule has 12 heavy (non-hydrogen) atoms. The molecule has 0 saturated heterocycles. The van der Waals surface area contributed by atoms with Gasteiger partial charge in [-0.05, 0) is 23.6 Å². The number of benzene rings is 1. The third-order valence-electron chi connectivity index (χ3n) is 2.23. The highest BCUT2D eigenvalue weighted by Crippen LogP contribution is 2.29. The lowest BCUT2D eigenvalue weighted by Gasteiger charge is -2.16. The van der Waals surface area contributed by atoms with Gasteiger partial charge in [0.05, 0.1) is 5.52 Å². The normalized spacial score (nSPS) is 13.0. The van der Waals surface area contributed by atoms with Crippen LogP contribution in [0.2, 0.25) is 0 Å². The van der Waals surface area contributed by atoms with Crippen LogP contribution in [0.4, 0.5) is 5.95 Å². The standard InChI is InChI=1S/C9H7N3/c10-9-11-4-7-3-5-1-6(2-5)8(7)12-9/h1,3-4H,2H2,(H2,10,11,12). The maximum atomic E-state index is 5.49. The summed E-state index contributed by atoms with van der Waals surface area (Å²) in [7, 11) is 0. The van der Waals surface area contributed by atoms with Crippen molar-refractivity contribution in [2.24, 2.45) is 0 Å². The number of nitrogens with two attached hydrogens (primary N) is 1. The molecule has 58 valence electrons. The molecular formula is C9H7N3. The zero-order valence-corrected chi connectivity index (χ0v) is 6.41. The van der Waals surface area contributed by atoms with Crippen LogP contribution in [0.3, 0.4) is 0 Å². The second-order valence-corrected chi connectivity index (χ2v) is 3.10. The van der Waals surface area contributed by atoms with Gasteiger partial charge in [-0.2, -0.15) is 0 Å². The Labute approximate surface area is 69.3 Å². The van der Waals surface area contributed by atoms with Crippen molar-refractivity contribution < 1.29 is 0 Å². The van der Waals surface area contributed by atoms with Crippen LogP contribution in [0.25, 0.3) is 10.9 Å².